The summed E-state index contributed by atoms with van der Waals surface area (Å²) >= 11 is 0. The highest BCUT2D eigenvalue weighted by Gasteiger charge is 2.43. The van der Waals surface area contributed by atoms with Gasteiger partial charge in [-0.3, -0.25) is 9.59 Å². The normalized spacial score (nSPS) is 18.1. The number of anilines is 2. The summed E-state index contributed by atoms with van der Waals surface area (Å²) in [5.41, 5.74) is 1.36. The second kappa shape index (κ2) is 8.61. The molecule has 3 aromatic heterocycles. The number of carbonyl (C=O) groups excluding carboxylic acids is 2. The van der Waals surface area contributed by atoms with Crippen molar-refractivity contribution in [3.63, 3.8) is 0 Å². The Morgan fingerprint density at radius 1 is 1.16 bits per heavy atom. The van der Waals surface area contributed by atoms with E-state index in [1.807, 2.05) is 19.9 Å². The molecule has 6 rings (SSSR count). The van der Waals surface area contributed by atoms with Crippen LogP contribution in [0.15, 0.2) is 42.6 Å². The van der Waals surface area contributed by atoms with Gasteiger partial charge in [-0.1, -0.05) is 18.2 Å². The zero-order chi connectivity index (χ0) is 25.7. The Labute approximate surface area is 211 Å². The maximum atomic E-state index is 14.4. The molecule has 2 aliphatic heterocycles. The summed E-state index contributed by atoms with van der Waals surface area (Å²) in [4.78, 5) is 38.4. The lowest BCUT2D eigenvalue weighted by atomic mass is 9.87. The van der Waals surface area contributed by atoms with Crippen LogP contribution in [0.1, 0.15) is 31.4 Å². The summed E-state index contributed by atoms with van der Waals surface area (Å²) in [6.45, 7) is 4.93. The lowest BCUT2D eigenvalue weighted by Gasteiger charge is -2.20. The van der Waals surface area contributed by atoms with Crippen LogP contribution in [0.2, 0.25) is 0 Å². The topological polar surface area (TPSA) is 127 Å². The molecule has 2 amide bonds. The van der Waals surface area contributed by atoms with Crippen LogP contribution in [0.4, 0.5) is 16.0 Å². The van der Waals surface area contributed by atoms with Crippen molar-refractivity contribution in [1.82, 2.24) is 30.0 Å². The minimum atomic E-state index is -0.840. The van der Waals surface area contributed by atoms with Gasteiger partial charge in [-0.15, -0.1) is 0 Å². The molecule has 0 spiro atoms. The minimum Gasteiger partial charge on any atom is -0.369 e. The van der Waals surface area contributed by atoms with Crippen molar-refractivity contribution in [2.45, 2.75) is 32.2 Å². The first-order chi connectivity index (χ1) is 17.8. The van der Waals surface area contributed by atoms with Crippen molar-refractivity contribution in [3.8, 4) is 11.5 Å². The zero-order valence-corrected chi connectivity index (χ0v) is 20.4. The highest BCUT2D eigenvalue weighted by atomic mass is 19.1. The summed E-state index contributed by atoms with van der Waals surface area (Å²) in [5.74, 6) is 0.883. The molecule has 2 aliphatic rings. The second-order valence-electron chi connectivity index (χ2n) is 9.93. The smallest absolute Gasteiger partial charge is 0.235 e. The summed E-state index contributed by atoms with van der Waals surface area (Å²) < 4.78 is 16.0. The molecule has 37 heavy (non-hydrogen) atoms. The van der Waals surface area contributed by atoms with E-state index in [4.69, 9.17) is 10.1 Å². The molecule has 10 nitrogen and oxygen atoms in total. The van der Waals surface area contributed by atoms with Crippen molar-refractivity contribution < 1.29 is 14.0 Å². The summed E-state index contributed by atoms with van der Waals surface area (Å²) in [6, 6.07) is 10.2. The molecule has 1 atom stereocenters. The first-order valence-electron chi connectivity index (χ1n) is 12.1. The van der Waals surface area contributed by atoms with Gasteiger partial charge in [0, 0.05) is 37.2 Å². The van der Waals surface area contributed by atoms with E-state index in [1.165, 1.54) is 6.07 Å². The Hall–Kier alpha value is -4.41. The van der Waals surface area contributed by atoms with Crippen LogP contribution in [-0.4, -0.2) is 49.6 Å². The standard InChI is InChI=1S/C26H25FN8O2/c1-26(2)19-21(30-12-14-10-18(36)29-11-14)31-23(32-22(19)33-25(26)37)20-16-7-5-9-28-24(16)35(34-20)13-15-6-3-4-8-17(15)27/h3-9,14H,10-13H2,1-2H3,(H,29,36)(H2,30,31,32,33,37)/t14-/m1/s1. The van der Waals surface area contributed by atoms with Crippen LogP contribution in [0.25, 0.3) is 22.6 Å². The monoisotopic (exact) mass is 500 g/mol. The van der Waals surface area contributed by atoms with Crippen molar-refractivity contribution in [2.24, 2.45) is 5.92 Å². The number of rotatable bonds is 6. The van der Waals surface area contributed by atoms with Gasteiger partial charge in [-0.2, -0.15) is 5.10 Å². The Bertz CT molecular complexity index is 1560. The van der Waals surface area contributed by atoms with E-state index in [9.17, 15) is 14.0 Å². The van der Waals surface area contributed by atoms with E-state index in [0.717, 1.165) is 0 Å². The van der Waals surface area contributed by atoms with Gasteiger partial charge in [0.25, 0.3) is 0 Å². The predicted octanol–water partition coefficient (Wildman–Crippen LogP) is 2.85. The first-order valence-corrected chi connectivity index (χ1v) is 12.1. The van der Waals surface area contributed by atoms with Gasteiger partial charge in [0.15, 0.2) is 11.5 Å². The third-order valence-corrected chi connectivity index (χ3v) is 6.95. The molecule has 1 fully saturated rings. The average molecular weight is 501 g/mol. The van der Waals surface area contributed by atoms with Crippen LogP contribution in [0, 0.1) is 11.7 Å². The van der Waals surface area contributed by atoms with Gasteiger partial charge in [0.05, 0.1) is 22.9 Å². The average Bonchev–Trinajstić information content (AvgIpc) is 3.53. The molecule has 0 aliphatic carbocycles. The van der Waals surface area contributed by atoms with E-state index in [1.54, 1.807) is 35.1 Å². The highest BCUT2D eigenvalue weighted by Crippen LogP contribution is 2.42. The van der Waals surface area contributed by atoms with E-state index in [2.05, 4.69) is 25.9 Å². The lowest BCUT2D eigenvalue weighted by Crippen LogP contribution is -2.28. The Balaban J connectivity index is 1.44. The number of amides is 2. The molecular formula is C26H25FN8O2. The first kappa shape index (κ1) is 23.0. The van der Waals surface area contributed by atoms with Gasteiger partial charge in [0.1, 0.15) is 23.1 Å². The molecule has 188 valence electrons. The van der Waals surface area contributed by atoms with Crippen LogP contribution in [-0.2, 0) is 21.5 Å². The largest absolute Gasteiger partial charge is 0.369 e. The van der Waals surface area contributed by atoms with Gasteiger partial charge in [-0.25, -0.2) is 24.0 Å². The quantitative estimate of drug-likeness (QED) is 0.372. The lowest BCUT2D eigenvalue weighted by molar-refractivity contribution is -0.120. The molecule has 1 aromatic carbocycles. The van der Waals surface area contributed by atoms with Gasteiger partial charge in [0.2, 0.25) is 11.8 Å². The number of hydrogen-bond donors (Lipinski definition) is 3. The number of fused-ring (bicyclic) bond motifs is 2. The van der Waals surface area contributed by atoms with Crippen molar-refractivity contribution >= 4 is 34.5 Å². The molecule has 0 radical (unpaired) electrons. The fraction of sp³-hybridized carbons (Fsp3) is 0.308. The molecular weight excluding hydrogens is 475 g/mol. The van der Waals surface area contributed by atoms with Crippen LogP contribution < -0.4 is 16.0 Å². The van der Waals surface area contributed by atoms with Crippen molar-refractivity contribution in [1.29, 1.82) is 0 Å². The predicted molar refractivity (Wildman–Crippen MR) is 135 cm³/mol. The highest BCUT2D eigenvalue weighted by molar-refractivity contribution is 6.06. The Morgan fingerprint density at radius 2 is 2.00 bits per heavy atom. The molecule has 4 aromatic rings. The number of nitrogens with zero attached hydrogens (tertiary/aromatic N) is 5. The van der Waals surface area contributed by atoms with Crippen molar-refractivity contribution in [3.05, 3.63) is 59.5 Å². The van der Waals surface area contributed by atoms with E-state index in [-0.39, 0.29) is 30.1 Å². The molecule has 3 N–H and O–H groups in total. The number of hydrogen-bond acceptors (Lipinski definition) is 7. The van der Waals surface area contributed by atoms with Gasteiger partial charge in [-0.05, 0) is 32.0 Å². The fourth-order valence-corrected chi connectivity index (χ4v) is 4.88. The molecule has 5 heterocycles. The van der Waals surface area contributed by atoms with Crippen LogP contribution >= 0.6 is 0 Å². The van der Waals surface area contributed by atoms with E-state index in [0.29, 0.717) is 64.8 Å². The molecule has 0 bridgehead atoms. The fourth-order valence-electron chi connectivity index (χ4n) is 4.88. The summed E-state index contributed by atoms with van der Waals surface area (Å²) in [7, 11) is 0. The summed E-state index contributed by atoms with van der Waals surface area (Å²) in [6.07, 6.45) is 2.09. The second-order valence-corrected chi connectivity index (χ2v) is 9.93. The van der Waals surface area contributed by atoms with Gasteiger partial charge >= 0.3 is 0 Å². The van der Waals surface area contributed by atoms with Crippen LogP contribution in [0.3, 0.4) is 0 Å². The number of halogens is 1. The Morgan fingerprint density at radius 3 is 2.78 bits per heavy atom. The zero-order valence-electron chi connectivity index (χ0n) is 20.4. The van der Waals surface area contributed by atoms with E-state index >= 15 is 0 Å². The number of aromatic nitrogens is 5. The minimum absolute atomic E-state index is 0.0249. The maximum absolute atomic E-state index is 14.4. The maximum Gasteiger partial charge on any atom is 0.235 e. The number of nitrogens with one attached hydrogen (secondary N) is 3. The van der Waals surface area contributed by atoms with Gasteiger partial charge < -0.3 is 16.0 Å². The molecule has 1 saturated heterocycles. The Kier molecular flexibility index (Phi) is 5.36. The third kappa shape index (κ3) is 3.96. The third-order valence-electron chi connectivity index (χ3n) is 6.95. The summed E-state index contributed by atoms with van der Waals surface area (Å²) in [5, 5.41) is 14.5. The number of benzene rings is 1. The van der Waals surface area contributed by atoms with E-state index < -0.39 is 5.41 Å². The number of pyridine rings is 1. The van der Waals surface area contributed by atoms with Crippen molar-refractivity contribution in [2.75, 3.05) is 23.7 Å². The van der Waals surface area contributed by atoms with Crippen LogP contribution in [0.5, 0.6) is 0 Å². The molecule has 11 heteroatoms. The SMILES string of the molecule is CC1(C)C(=O)Nc2nc(-c3nn(Cc4ccccc4F)c4ncccc34)nc(NC[C@H]3CNC(=O)C3)c21. The molecule has 0 unspecified atom stereocenters. The molecule has 0 saturated carbocycles. The number of carbonyl (C=O) groups is 2.